The first-order valence-corrected chi connectivity index (χ1v) is 41.3. The molecule has 2 heteroatoms. The molecule has 2 aliphatic carbocycles. The first kappa shape index (κ1) is 43.7. The second kappa shape index (κ2) is 15.2. The molecule has 0 saturated heterocycles. The molecule has 2 atom stereocenters. The number of hydrogen-bond donors (Lipinski definition) is 0. The third-order valence-corrected chi connectivity index (χ3v) is 72.6. The predicted molar refractivity (Wildman–Crippen MR) is 260 cm³/mol. The van der Waals surface area contributed by atoms with E-state index in [1.54, 1.807) is 11.1 Å². The topological polar surface area (TPSA) is 0 Å². The van der Waals surface area contributed by atoms with Gasteiger partial charge in [0.2, 0.25) is 0 Å². The Bertz CT molecular complexity index is 2330. The Balaban J connectivity index is 1.42. The molecule has 0 spiro atoms. The van der Waals surface area contributed by atoms with Crippen LogP contribution < -0.4 is 0 Å². The molecule has 0 radical (unpaired) electrons. The van der Waals surface area contributed by atoms with E-state index >= 15 is 0 Å². The minimum atomic E-state index is -4.12. The average molecular weight is 964 g/mol. The van der Waals surface area contributed by atoms with Gasteiger partial charge in [-0.05, 0) is 0 Å². The average Bonchev–Trinajstić information content (AvgIpc) is 3.82. The van der Waals surface area contributed by atoms with Gasteiger partial charge in [0.05, 0.1) is 0 Å². The van der Waals surface area contributed by atoms with E-state index in [1.165, 1.54) is 67.2 Å². The standard InChI is InChI=1S/2C23H27.C9H12Si.2CH3.Hf/c2*1-22(2,3)18-13-17(14-19(15-18)23(4,5)6)21-12-8-10-16-9-7-11-20(16)21;1-10-8-7-9-5-3-2-4-6-9;;;/h2*7-15H,1-6H3;2-6H,7-8H2,1H3;2*1H3;. The second-order valence-electron chi connectivity index (χ2n) is 23.3. The zero-order chi connectivity index (χ0) is 42.9. The molecule has 5 aromatic rings. The van der Waals surface area contributed by atoms with Gasteiger partial charge >= 0.3 is 363 Å². The molecular weight excluding hydrogens is 891 g/mol. The quantitative estimate of drug-likeness (QED) is 0.143. The third kappa shape index (κ3) is 8.24. The van der Waals surface area contributed by atoms with Gasteiger partial charge in [0.15, 0.2) is 0 Å². The van der Waals surface area contributed by atoms with Crippen molar-refractivity contribution >= 4 is 17.6 Å². The first-order chi connectivity index (χ1) is 27.4. The maximum absolute atomic E-state index is 4.12. The Kier molecular flexibility index (Phi) is 11.3. The molecule has 0 heterocycles. The number of allylic oxidation sites excluding steroid dienone is 2. The first-order valence-electron chi connectivity index (χ1n) is 22.4. The minimum absolute atomic E-state index is 0.0665. The fourth-order valence-electron chi connectivity index (χ4n) is 10.1. The van der Waals surface area contributed by atoms with Crippen molar-refractivity contribution in [2.24, 2.45) is 0 Å². The summed E-state index contributed by atoms with van der Waals surface area (Å²) in [5, 5.41) is 0. The van der Waals surface area contributed by atoms with Crippen molar-refractivity contribution in [1.29, 1.82) is 0 Å². The number of aryl methyl sites for hydroxylation is 1. The van der Waals surface area contributed by atoms with E-state index in [9.17, 15) is 0 Å². The number of rotatable bonds is 7. The summed E-state index contributed by atoms with van der Waals surface area (Å²) in [7, 11) is 0. The summed E-state index contributed by atoms with van der Waals surface area (Å²) in [4.78, 5) is 0. The van der Waals surface area contributed by atoms with Crippen molar-refractivity contribution in [2.45, 2.75) is 140 Å². The summed E-state index contributed by atoms with van der Waals surface area (Å²) < 4.78 is 6.76. The van der Waals surface area contributed by atoms with Crippen LogP contribution in [0.2, 0.25) is 22.0 Å². The molecule has 5 aromatic carbocycles. The van der Waals surface area contributed by atoms with E-state index in [1.807, 2.05) is 0 Å². The van der Waals surface area contributed by atoms with Gasteiger partial charge in [-0.1, -0.05) is 0 Å². The number of hydrogen-bond acceptors (Lipinski definition) is 0. The van der Waals surface area contributed by atoms with Crippen LogP contribution in [-0.4, -0.2) is 5.49 Å². The summed E-state index contributed by atoms with van der Waals surface area (Å²) in [6, 6.07) is 42.0. The SMILES string of the molecule is C[Si](CCc1ccccc1)=[Hf]([CH3])([CH3])([CH]1C=Cc2c(-c3cc(C(C)(C)C)cc(C(C)(C)C)c3)cccc21)[CH]1C=Cc2c(-c3cc(C(C)(C)C)cc(C(C)(C)C)c3)cccc21. The molecular formula is C57H72HfSi. The van der Waals surface area contributed by atoms with E-state index in [0.717, 1.165) is 6.42 Å². The zero-order valence-corrected chi connectivity index (χ0v) is 43.8. The fourth-order valence-corrected chi connectivity index (χ4v) is 53.1. The zero-order valence-electron chi connectivity index (χ0n) is 39.2. The van der Waals surface area contributed by atoms with E-state index in [-0.39, 0.29) is 21.7 Å². The Morgan fingerprint density at radius 1 is 0.475 bits per heavy atom. The molecule has 0 fully saturated rings. The molecule has 0 aromatic heterocycles. The molecule has 0 amide bonds. The Labute approximate surface area is 360 Å². The summed E-state index contributed by atoms with van der Waals surface area (Å²) in [5.41, 5.74) is 18.2. The summed E-state index contributed by atoms with van der Waals surface area (Å²) in [5.74, 6) is 0. The van der Waals surface area contributed by atoms with Crippen molar-refractivity contribution in [3.8, 4) is 22.3 Å². The van der Waals surface area contributed by atoms with Gasteiger partial charge in [0.1, 0.15) is 0 Å². The molecule has 308 valence electrons. The fraction of sp³-hybridized carbons (Fsp3) is 0.404. The van der Waals surface area contributed by atoms with Crippen LogP contribution >= 0.6 is 0 Å². The van der Waals surface area contributed by atoms with Gasteiger partial charge in [-0.3, -0.25) is 0 Å². The Hall–Kier alpha value is -3.33. The molecule has 0 saturated carbocycles. The molecule has 0 aliphatic heterocycles. The summed E-state index contributed by atoms with van der Waals surface area (Å²) >= 11 is -4.12. The molecule has 7 rings (SSSR count). The molecule has 0 nitrogen and oxygen atoms in total. The monoisotopic (exact) mass is 964 g/mol. The second-order valence-corrected chi connectivity index (χ2v) is 70.7. The van der Waals surface area contributed by atoms with Crippen molar-refractivity contribution < 1.29 is 17.1 Å². The van der Waals surface area contributed by atoms with Crippen molar-refractivity contribution in [3.05, 3.63) is 165 Å². The van der Waals surface area contributed by atoms with E-state index in [2.05, 4.69) is 226 Å². The third-order valence-electron chi connectivity index (χ3n) is 14.7. The number of fused-ring (bicyclic) bond motifs is 2. The van der Waals surface area contributed by atoms with E-state index in [4.69, 9.17) is 0 Å². The number of benzene rings is 5. The maximum atomic E-state index is 2.90. The molecule has 0 bridgehead atoms. The van der Waals surface area contributed by atoms with Crippen LogP contribution in [-0.2, 0) is 45.2 Å². The van der Waals surface area contributed by atoms with Gasteiger partial charge < -0.3 is 0 Å². The Morgan fingerprint density at radius 2 is 0.847 bits per heavy atom. The van der Waals surface area contributed by atoms with Gasteiger partial charge in [-0.15, -0.1) is 0 Å². The summed E-state index contributed by atoms with van der Waals surface area (Å²) in [6.07, 6.45) is 11.7. The molecule has 2 unspecified atom stereocenters. The van der Waals surface area contributed by atoms with Crippen molar-refractivity contribution in [1.82, 2.24) is 0 Å². The summed E-state index contributed by atoms with van der Waals surface area (Å²) in [6.45, 7) is 31.0. The van der Waals surface area contributed by atoms with E-state index in [0.29, 0.717) is 7.35 Å². The predicted octanol–water partition coefficient (Wildman–Crippen LogP) is 16.7. The van der Waals surface area contributed by atoms with Gasteiger partial charge in [0.25, 0.3) is 0 Å². The molecule has 2 aliphatic rings. The Morgan fingerprint density at radius 3 is 1.20 bits per heavy atom. The van der Waals surface area contributed by atoms with Gasteiger partial charge in [0, 0.05) is 0 Å². The molecule has 0 N–H and O–H groups in total. The van der Waals surface area contributed by atoms with Crippen LogP contribution in [0, 0.1) is 0 Å². The molecule has 59 heavy (non-hydrogen) atoms. The van der Waals surface area contributed by atoms with Crippen LogP contribution in [0.1, 0.15) is 141 Å². The van der Waals surface area contributed by atoms with Crippen LogP contribution in [0.25, 0.3) is 34.4 Å². The van der Waals surface area contributed by atoms with Gasteiger partial charge in [-0.2, -0.15) is 0 Å². The van der Waals surface area contributed by atoms with Crippen molar-refractivity contribution in [3.63, 3.8) is 0 Å². The van der Waals surface area contributed by atoms with Crippen LogP contribution in [0.15, 0.2) is 115 Å². The van der Waals surface area contributed by atoms with Gasteiger partial charge in [-0.25, -0.2) is 0 Å². The van der Waals surface area contributed by atoms with Crippen LogP contribution in [0.5, 0.6) is 0 Å². The van der Waals surface area contributed by atoms with Crippen molar-refractivity contribution in [2.75, 3.05) is 0 Å². The van der Waals surface area contributed by atoms with Crippen LogP contribution in [0.4, 0.5) is 0 Å². The normalized spacial score (nSPS) is 17.0. The van der Waals surface area contributed by atoms with E-state index < -0.39 is 22.6 Å². The van der Waals surface area contributed by atoms with Crippen LogP contribution in [0.3, 0.4) is 0 Å².